The molecule has 0 fully saturated rings. The van der Waals surface area contributed by atoms with Gasteiger partial charge in [-0.3, -0.25) is 14.8 Å². The summed E-state index contributed by atoms with van der Waals surface area (Å²) in [4.78, 5) is 23.0. The van der Waals surface area contributed by atoms with E-state index in [0.29, 0.717) is 0 Å². The molecule has 120 valence electrons. The first-order valence-electron chi connectivity index (χ1n) is 6.79. The minimum Gasteiger partial charge on any atom is -0.370 e. The number of nitrogens with zero attached hydrogens (tertiary/aromatic N) is 3. The molecule has 4 N–H and O–H groups in total. The lowest BCUT2D eigenvalue weighted by atomic mass is 10.0. The van der Waals surface area contributed by atoms with Crippen LogP contribution >= 0.6 is 0 Å². The van der Waals surface area contributed by atoms with Crippen molar-refractivity contribution < 1.29 is 13.6 Å². The van der Waals surface area contributed by atoms with E-state index >= 15 is 0 Å². The number of carbonyl (C=O) groups is 1. The highest BCUT2D eigenvalue weighted by molar-refractivity contribution is 6.06. The Kier molecular flexibility index (Phi) is 3.87. The first-order valence-corrected chi connectivity index (χ1v) is 6.79. The van der Waals surface area contributed by atoms with E-state index in [-0.39, 0.29) is 27.6 Å². The van der Waals surface area contributed by atoms with E-state index < -0.39 is 23.5 Å². The number of hydrogen-bond donors (Lipinski definition) is 2. The molecule has 0 bridgehead atoms. The second-order valence-electron chi connectivity index (χ2n) is 4.91. The third kappa shape index (κ3) is 2.76. The van der Waals surface area contributed by atoms with Crippen LogP contribution in [0, 0.1) is 11.6 Å². The fraction of sp³-hybridized carbons (Fsp3) is 0. The molecule has 1 aromatic carbocycles. The van der Waals surface area contributed by atoms with E-state index in [0.717, 1.165) is 12.4 Å². The van der Waals surface area contributed by atoms with Crippen LogP contribution in [0.3, 0.4) is 0 Å². The van der Waals surface area contributed by atoms with Crippen LogP contribution in [0.5, 0.6) is 0 Å². The number of aliphatic imine (C=N–C) groups is 1. The summed E-state index contributed by atoms with van der Waals surface area (Å²) >= 11 is 0. The molecule has 0 saturated carbocycles. The van der Waals surface area contributed by atoms with Crippen molar-refractivity contribution in [1.29, 1.82) is 0 Å². The second-order valence-corrected chi connectivity index (χ2v) is 4.91. The lowest BCUT2D eigenvalue weighted by molar-refractivity contribution is 0.100. The summed E-state index contributed by atoms with van der Waals surface area (Å²) in [7, 11) is 0. The zero-order valence-electron chi connectivity index (χ0n) is 12.2. The number of hydrogen-bond acceptors (Lipinski definition) is 3. The van der Waals surface area contributed by atoms with Crippen LogP contribution in [-0.4, -0.2) is 21.8 Å². The van der Waals surface area contributed by atoms with Gasteiger partial charge >= 0.3 is 0 Å². The summed E-state index contributed by atoms with van der Waals surface area (Å²) in [6.07, 6.45) is 3.42. The maximum atomic E-state index is 14.0. The number of pyridine rings is 2. The molecule has 0 aliphatic carbocycles. The monoisotopic (exact) mass is 327 g/mol. The van der Waals surface area contributed by atoms with E-state index in [1.54, 1.807) is 0 Å². The Hall–Kier alpha value is -3.42. The SMILES string of the molecule is NC(N)=NC(=O)c1ccc2c(F)cnc(-c3ccncc3F)c2c1. The fourth-order valence-electron chi connectivity index (χ4n) is 2.31. The number of halogens is 2. The Bertz CT molecular complexity index is 983. The largest absolute Gasteiger partial charge is 0.370 e. The predicted molar refractivity (Wildman–Crippen MR) is 85.0 cm³/mol. The molecular formula is C16H11F2N5O. The number of amides is 1. The molecule has 0 unspecified atom stereocenters. The highest BCUT2D eigenvalue weighted by Gasteiger charge is 2.15. The van der Waals surface area contributed by atoms with Crippen molar-refractivity contribution in [2.75, 3.05) is 0 Å². The Morgan fingerprint density at radius 2 is 1.83 bits per heavy atom. The van der Waals surface area contributed by atoms with Gasteiger partial charge in [0.1, 0.15) is 5.82 Å². The standard InChI is InChI=1S/C16H11F2N5O/c17-12-6-21-4-3-10(12)14-11-5-8(15(24)23-16(19)20)1-2-9(11)13(18)7-22-14/h1-7H,(H4,19,20,23,24). The normalized spacial score (nSPS) is 10.6. The van der Waals surface area contributed by atoms with Gasteiger partial charge in [0.2, 0.25) is 0 Å². The molecule has 2 aromatic heterocycles. The van der Waals surface area contributed by atoms with Gasteiger partial charge in [-0.05, 0) is 18.2 Å². The molecule has 24 heavy (non-hydrogen) atoms. The van der Waals surface area contributed by atoms with Crippen molar-refractivity contribution in [3.05, 3.63) is 60.1 Å². The Labute approximate surface area is 134 Å². The van der Waals surface area contributed by atoms with Crippen LogP contribution in [0.25, 0.3) is 22.0 Å². The molecule has 0 radical (unpaired) electrons. The molecule has 3 rings (SSSR count). The van der Waals surface area contributed by atoms with Crippen molar-refractivity contribution in [3.63, 3.8) is 0 Å². The van der Waals surface area contributed by atoms with Crippen LogP contribution in [0.2, 0.25) is 0 Å². The number of nitrogens with two attached hydrogens (primary N) is 2. The lowest BCUT2D eigenvalue weighted by Crippen LogP contribution is -2.24. The van der Waals surface area contributed by atoms with E-state index in [2.05, 4.69) is 15.0 Å². The van der Waals surface area contributed by atoms with Gasteiger partial charge in [0.15, 0.2) is 11.8 Å². The van der Waals surface area contributed by atoms with Gasteiger partial charge in [-0.25, -0.2) is 8.78 Å². The Morgan fingerprint density at radius 1 is 1.04 bits per heavy atom. The number of rotatable bonds is 2. The van der Waals surface area contributed by atoms with E-state index in [9.17, 15) is 13.6 Å². The van der Waals surface area contributed by atoms with Gasteiger partial charge < -0.3 is 11.5 Å². The zero-order chi connectivity index (χ0) is 17.3. The molecule has 0 aliphatic rings. The van der Waals surface area contributed by atoms with Gasteiger partial charge in [0.25, 0.3) is 5.91 Å². The van der Waals surface area contributed by atoms with Gasteiger partial charge in [-0.2, -0.15) is 4.99 Å². The Balaban J connectivity index is 2.27. The van der Waals surface area contributed by atoms with Crippen molar-refractivity contribution in [2.24, 2.45) is 16.5 Å². The first-order chi connectivity index (χ1) is 11.5. The average Bonchev–Trinajstić information content (AvgIpc) is 2.55. The van der Waals surface area contributed by atoms with Crippen molar-refractivity contribution in [2.45, 2.75) is 0 Å². The molecule has 0 spiro atoms. The van der Waals surface area contributed by atoms with Gasteiger partial charge in [0.05, 0.1) is 18.1 Å². The predicted octanol–water partition coefficient (Wildman–Crippen LogP) is 1.99. The fourth-order valence-corrected chi connectivity index (χ4v) is 2.31. The molecule has 2 heterocycles. The summed E-state index contributed by atoms with van der Waals surface area (Å²) in [5.41, 5.74) is 10.8. The smallest absolute Gasteiger partial charge is 0.280 e. The average molecular weight is 327 g/mol. The number of aromatic nitrogens is 2. The second kappa shape index (κ2) is 5.99. The molecular weight excluding hydrogens is 316 g/mol. The topological polar surface area (TPSA) is 107 Å². The van der Waals surface area contributed by atoms with Crippen LogP contribution in [-0.2, 0) is 0 Å². The molecule has 6 nitrogen and oxygen atoms in total. The summed E-state index contributed by atoms with van der Waals surface area (Å²) < 4.78 is 28.0. The molecule has 0 atom stereocenters. The van der Waals surface area contributed by atoms with E-state index in [1.165, 1.54) is 30.5 Å². The molecule has 1 amide bonds. The molecule has 0 saturated heterocycles. The third-order valence-electron chi connectivity index (χ3n) is 3.34. The summed E-state index contributed by atoms with van der Waals surface area (Å²) in [6.45, 7) is 0. The van der Waals surface area contributed by atoms with E-state index in [1.807, 2.05) is 0 Å². The maximum absolute atomic E-state index is 14.0. The summed E-state index contributed by atoms with van der Waals surface area (Å²) in [5, 5.41) is 0.453. The summed E-state index contributed by atoms with van der Waals surface area (Å²) in [5.74, 6) is -2.29. The molecule has 0 aliphatic heterocycles. The number of carbonyl (C=O) groups excluding carboxylic acids is 1. The van der Waals surface area contributed by atoms with Crippen LogP contribution < -0.4 is 11.5 Å². The van der Waals surface area contributed by atoms with Crippen LogP contribution in [0.1, 0.15) is 10.4 Å². The minimum atomic E-state index is -0.692. The highest BCUT2D eigenvalue weighted by atomic mass is 19.1. The Morgan fingerprint density at radius 3 is 2.54 bits per heavy atom. The van der Waals surface area contributed by atoms with Crippen molar-refractivity contribution in [1.82, 2.24) is 9.97 Å². The highest BCUT2D eigenvalue weighted by Crippen LogP contribution is 2.30. The summed E-state index contributed by atoms with van der Waals surface area (Å²) in [6, 6.07) is 5.56. The molecule has 8 heteroatoms. The first kappa shape index (κ1) is 15.5. The minimum absolute atomic E-state index is 0.124. The number of guanidine groups is 1. The molecule has 3 aromatic rings. The third-order valence-corrected chi connectivity index (χ3v) is 3.34. The quantitative estimate of drug-likeness (QED) is 0.553. The van der Waals surface area contributed by atoms with Gasteiger partial charge in [0, 0.05) is 28.1 Å². The van der Waals surface area contributed by atoms with Gasteiger partial charge in [-0.1, -0.05) is 6.07 Å². The van der Waals surface area contributed by atoms with Crippen molar-refractivity contribution in [3.8, 4) is 11.3 Å². The van der Waals surface area contributed by atoms with E-state index in [4.69, 9.17) is 11.5 Å². The number of fused-ring (bicyclic) bond motifs is 1. The maximum Gasteiger partial charge on any atom is 0.280 e. The van der Waals surface area contributed by atoms with Crippen LogP contribution in [0.4, 0.5) is 8.78 Å². The van der Waals surface area contributed by atoms with Crippen molar-refractivity contribution >= 4 is 22.6 Å². The van der Waals surface area contributed by atoms with Crippen LogP contribution in [0.15, 0.2) is 47.8 Å². The lowest BCUT2D eigenvalue weighted by Gasteiger charge is -2.08. The van der Waals surface area contributed by atoms with Gasteiger partial charge in [-0.15, -0.1) is 0 Å². The zero-order valence-corrected chi connectivity index (χ0v) is 12.2. The number of benzene rings is 1.